The summed E-state index contributed by atoms with van der Waals surface area (Å²) < 4.78 is 5.02. The van der Waals surface area contributed by atoms with Gasteiger partial charge in [-0.2, -0.15) is 0 Å². The molecular formula is C16H24N2O2. The summed E-state index contributed by atoms with van der Waals surface area (Å²) in [5.41, 5.74) is 1.22. The van der Waals surface area contributed by atoms with Gasteiger partial charge in [0.1, 0.15) is 0 Å². The summed E-state index contributed by atoms with van der Waals surface area (Å²) in [7, 11) is 1.62. The summed E-state index contributed by atoms with van der Waals surface area (Å²) in [5.74, 6) is 0. The zero-order valence-corrected chi connectivity index (χ0v) is 12.3. The summed E-state index contributed by atoms with van der Waals surface area (Å²) in [4.78, 5) is 13.9. The average molecular weight is 276 g/mol. The van der Waals surface area contributed by atoms with E-state index in [4.69, 9.17) is 4.74 Å². The van der Waals surface area contributed by atoms with Gasteiger partial charge < -0.3 is 15.0 Å². The van der Waals surface area contributed by atoms with Gasteiger partial charge in [0.2, 0.25) is 0 Å². The van der Waals surface area contributed by atoms with Crippen LogP contribution in [0, 0.1) is 0 Å². The second-order valence-electron chi connectivity index (χ2n) is 4.78. The van der Waals surface area contributed by atoms with Crippen LogP contribution in [0.2, 0.25) is 0 Å². The number of hydrogen-bond donors (Lipinski definition) is 1. The van der Waals surface area contributed by atoms with E-state index >= 15 is 0 Å². The Balaban J connectivity index is 2.50. The van der Waals surface area contributed by atoms with Crippen molar-refractivity contribution in [2.24, 2.45) is 0 Å². The number of nitrogens with one attached hydrogen (secondary N) is 1. The Kier molecular flexibility index (Phi) is 7.43. The summed E-state index contributed by atoms with van der Waals surface area (Å²) in [6.07, 6.45) is 2.58. The van der Waals surface area contributed by atoms with E-state index in [1.165, 1.54) is 5.56 Å². The van der Waals surface area contributed by atoms with Crippen LogP contribution in [0.5, 0.6) is 0 Å². The lowest BCUT2D eigenvalue weighted by Crippen LogP contribution is -2.46. The number of benzene rings is 1. The first-order chi connectivity index (χ1) is 9.67. The number of methoxy groups -OCH3 is 1. The van der Waals surface area contributed by atoms with Crippen molar-refractivity contribution >= 4 is 6.03 Å². The van der Waals surface area contributed by atoms with E-state index < -0.39 is 0 Å². The van der Waals surface area contributed by atoms with Crippen LogP contribution in [0.3, 0.4) is 0 Å². The van der Waals surface area contributed by atoms with E-state index in [-0.39, 0.29) is 12.1 Å². The summed E-state index contributed by atoms with van der Waals surface area (Å²) in [6.45, 7) is 7.34. The van der Waals surface area contributed by atoms with Crippen LogP contribution < -0.4 is 5.32 Å². The SMILES string of the molecule is C=CCN(CCc1ccccc1)C(=O)NC(C)COC. The first-order valence-corrected chi connectivity index (χ1v) is 6.86. The molecule has 2 amide bonds. The number of urea groups is 1. The molecule has 110 valence electrons. The van der Waals surface area contributed by atoms with E-state index in [1.807, 2.05) is 25.1 Å². The zero-order valence-electron chi connectivity index (χ0n) is 12.3. The number of hydrogen-bond acceptors (Lipinski definition) is 2. The summed E-state index contributed by atoms with van der Waals surface area (Å²) >= 11 is 0. The van der Waals surface area contributed by atoms with Crippen LogP contribution in [0.1, 0.15) is 12.5 Å². The largest absolute Gasteiger partial charge is 0.383 e. The molecule has 0 radical (unpaired) electrons. The van der Waals surface area contributed by atoms with Gasteiger partial charge in [-0.05, 0) is 18.9 Å². The zero-order chi connectivity index (χ0) is 14.8. The molecule has 1 unspecified atom stereocenters. The minimum atomic E-state index is -0.0784. The molecular weight excluding hydrogens is 252 g/mol. The third kappa shape index (κ3) is 5.89. The fourth-order valence-corrected chi connectivity index (χ4v) is 1.93. The number of rotatable bonds is 8. The van der Waals surface area contributed by atoms with Crippen LogP contribution in [0.25, 0.3) is 0 Å². The van der Waals surface area contributed by atoms with Crippen LogP contribution in [0.15, 0.2) is 43.0 Å². The highest BCUT2D eigenvalue weighted by molar-refractivity contribution is 5.74. The Morgan fingerprint density at radius 3 is 2.75 bits per heavy atom. The second kappa shape index (κ2) is 9.15. The maximum absolute atomic E-state index is 12.2. The lowest BCUT2D eigenvalue weighted by Gasteiger charge is -2.24. The van der Waals surface area contributed by atoms with Crippen LogP contribution >= 0.6 is 0 Å². The average Bonchev–Trinajstić information content (AvgIpc) is 2.44. The standard InChI is InChI=1S/C16H24N2O2/c1-4-11-18(16(19)17-14(2)13-20-3)12-10-15-8-6-5-7-9-15/h4-9,14H,1,10-13H2,2-3H3,(H,17,19). The molecule has 0 saturated heterocycles. The van der Waals surface area contributed by atoms with Gasteiger partial charge in [0.25, 0.3) is 0 Å². The second-order valence-corrected chi connectivity index (χ2v) is 4.78. The molecule has 0 spiro atoms. The smallest absolute Gasteiger partial charge is 0.317 e. The van der Waals surface area contributed by atoms with Crippen molar-refractivity contribution < 1.29 is 9.53 Å². The molecule has 0 aliphatic carbocycles. The van der Waals surface area contributed by atoms with Crippen molar-refractivity contribution in [3.8, 4) is 0 Å². The summed E-state index contributed by atoms with van der Waals surface area (Å²) in [6, 6.07) is 10.1. The van der Waals surface area contributed by atoms with Crippen molar-refractivity contribution in [2.45, 2.75) is 19.4 Å². The molecule has 0 heterocycles. The maximum atomic E-state index is 12.2. The van der Waals surface area contributed by atoms with Gasteiger partial charge in [0.15, 0.2) is 0 Å². The molecule has 0 saturated carbocycles. The van der Waals surface area contributed by atoms with Crippen molar-refractivity contribution in [1.82, 2.24) is 10.2 Å². The highest BCUT2D eigenvalue weighted by Crippen LogP contribution is 2.02. The molecule has 1 rings (SSSR count). The highest BCUT2D eigenvalue weighted by atomic mass is 16.5. The van der Waals surface area contributed by atoms with Crippen LogP contribution in [-0.2, 0) is 11.2 Å². The molecule has 0 aromatic heterocycles. The Morgan fingerprint density at radius 1 is 1.45 bits per heavy atom. The Labute approximate surface area is 121 Å². The molecule has 4 nitrogen and oxygen atoms in total. The number of carbonyl (C=O) groups is 1. The van der Waals surface area contributed by atoms with Crippen molar-refractivity contribution in [3.63, 3.8) is 0 Å². The van der Waals surface area contributed by atoms with Crippen LogP contribution in [0.4, 0.5) is 4.79 Å². The molecule has 1 atom stereocenters. The van der Waals surface area contributed by atoms with Crippen molar-refractivity contribution in [2.75, 3.05) is 26.8 Å². The van der Waals surface area contributed by atoms with Gasteiger partial charge in [-0.25, -0.2) is 4.79 Å². The molecule has 0 bridgehead atoms. The number of amides is 2. The first kappa shape index (κ1) is 16.2. The molecule has 1 aromatic carbocycles. The third-order valence-corrected chi connectivity index (χ3v) is 2.94. The van der Waals surface area contributed by atoms with Gasteiger partial charge in [-0.1, -0.05) is 36.4 Å². The van der Waals surface area contributed by atoms with E-state index in [0.717, 1.165) is 6.42 Å². The van der Waals surface area contributed by atoms with Gasteiger partial charge in [0.05, 0.1) is 12.6 Å². The molecule has 0 aliphatic heterocycles. The molecule has 4 heteroatoms. The number of nitrogens with zero attached hydrogens (tertiary/aromatic N) is 1. The Hall–Kier alpha value is -1.81. The molecule has 20 heavy (non-hydrogen) atoms. The van der Waals surface area contributed by atoms with Gasteiger partial charge in [-0.3, -0.25) is 0 Å². The topological polar surface area (TPSA) is 41.6 Å². The quantitative estimate of drug-likeness (QED) is 0.741. The number of ether oxygens (including phenoxy) is 1. The Bertz CT molecular complexity index is 406. The fraction of sp³-hybridized carbons (Fsp3) is 0.438. The number of carbonyl (C=O) groups excluding carboxylic acids is 1. The van der Waals surface area contributed by atoms with Crippen molar-refractivity contribution in [3.05, 3.63) is 48.6 Å². The van der Waals surface area contributed by atoms with Gasteiger partial charge >= 0.3 is 6.03 Å². The van der Waals surface area contributed by atoms with Crippen molar-refractivity contribution in [1.29, 1.82) is 0 Å². The minimum Gasteiger partial charge on any atom is -0.383 e. The fourth-order valence-electron chi connectivity index (χ4n) is 1.93. The van der Waals surface area contributed by atoms with E-state index in [9.17, 15) is 4.79 Å². The lowest BCUT2D eigenvalue weighted by molar-refractivity contribution is 0.161. The van der Waals surface area contributed by atoms with E-state index in [2.05, 4.69) is 24.0 Å². The monoisotopic (exact) mass is 276 g/mol. The predicted octanol–water partition coefficient (Wildman–Crippen LogP) is 2.46. The molecule has 0 aliphatic rings. The predicted molar refractivity (Wildman–Crippen MR) is 81.8 cm³/mol. The Morgan fingerprint density at radius 2 is 2.15 bits per heavy atom. The molecule has 1 aromatic rings. The van der Waals surface area contributed by atoms with E-state index in [0.29, 0.717) is 19.7 Å². The summed E-state index contributed by atoms with van der Waals surface area (Å²) in [5, 5.41) is 2.92. The molecule has 0 fully saturated rings. The molecule has 1 N–H and O–H groups in total. The van der Waals surface area contributed by atoms with Gasteiger partial charge in [0, 0.05) is 20.2 Å². The highest BCUT2D eigenvalue weighted by Gasteiger charge is 2.14. The van der Waals surface area contributed by atoms with Gasteiger partial charge in [-0.15, -0.1) is 6.58 Å². The van der Waals surface area contributed by atoms with E-state index in [1.54, 1.807) is 18.1 Å². The first-order valence-electron chi connectivity index (χ1n) is 6.86. The van der Waals surface area contributed by atoms with Crippen LogP contribution in [-0.4, -0.2) is 43.8 Å². The lowest BCUT2D eigenvalue weighted by atomic mass is 10.1. The maximum Gasteiger partial charge on any atom is 0.317 e. The minimum absolute atomic E-state index is 0.00320. The normalized spacial score (nSPS) is 11.7. The third-order valence-electron chi connectivity index (χ3n) is 2.94.